The fraction of sp³-hybridized carbons (Fsp3) is 0.839. The highest BCUT2D eigenvalue weighted by Crippen LogP contribution is 2.46. The van der Waals surface area contributed by atoms with Crippen LogP contribution in [-0.4, -0.2) is 87.0 Å². The van der Waals surface area contributed by atoms with E-state index >= 15 is 0 Å². The van der Waals surface area contributed by atoms with Gasteiger partial charge in [-0.3, -0.25) is 4.79 Å². The molecule has 0 aromatic carbocycles. The maximum Gasteiger partial charge on any atom is 0.192 e. The van der Waals surface area contributed by atoms with Crippen LogP contribution in [-0.2, 0) is 23.1 Å². The molecule has 6 atom stereocenters. The van der Waals surface area contributed by atoms with Crippen molar-refractivity contribution in [2.24, 2.45) is 0 Å². The van der Waals surface area contributed by atoms with Gasteiger partial charge >= 0.3 is 0 Å². The molecule has 0 amide bonds. The normalized spacial score (nSPS) is 24.0. The second-order valence-corrected chi connectivity index (χ2v) is 45.0. The monoisotopic (exact) mass is 734 g/mol. The molecule has 42 heavy (non-hydrogen) atoms. The minimum Gasteiger partial charge on any atom is -0.411 e. The number of aldehydes is 1. The molecule has 0 N–H and O–H groups in total. The Kier molecular flexibility index (Phi) is 13.5. The number of rotatable bonds is 14. The minimum atomic E-state index is -2.15. The molecule has 0 aromatic heterocycles. The number of ether oxygens (including phenoxy) is 2. The van der Waals surface area contributed by atoms with E-state index in [0.29, 0.717) is 6.42 Å². The van der Waals surface area contributed by atoms with Crippen LogP contribution in [0.1, 0.15) is 27.2 Å². The molecular weight excluding hydrogens is 673 g/mol. The van der Waals surface area contributed by atoms with Crippen LogP contribution in [0.5, 0.6) is 0 Å². The smallest absolute Gasteiger partial charge is 0.192 e. The van der Waals surface area contributed by atoms with Gasteiger partial charge in [-0.2, -0.15) is 0 Å². The summed E-state index contributed by atoms with van der Waals surface area (Å²) in [5.41, 5.74) is 0. The molecule has 1 saturated heterocycles. The van der Waals surface area contributed by atoms with Crippen molar-refractivity contribution in [2.45, 2.75) is 164 Å². The number of allylic oxidation sites excluding steroid dienone is 1. The van der Waals surface area contributed by atoms with E-state index in [1.54, 1.807) is 0 Å². The third kappa shape index (κ3) is 9.45. The average Bonchev–Trinajstić information content (AvgIpc) is 3.15. The third-order valence-corrected chi connectivity index (χ3v) is 35.6. The lowest BCUT2D eigenvalue weighted by Gasteiger charge is -2.59. The average molecular weight is 736 g/mol. The van der Waals surface area contributed by atoms with Gasteiger partial charge < -0.3 is 18.3 Å². The lowest BCUT2D eigenvalue weighted by atomic mass is 10.0. The first-order valence-electron chi connectivity index (χ1n) is 15.5. The van der Waals surface area contributed by atoms with Gasteiger partial charge in [-0.05, 0) is 43.8 Å². The number of carbonyl (C=O) groups is 1. The van der Waals surface area contributed by atoms with Crippen LogP contribution < -0.4 is 0 Å². The van der Waals surface area contributed by atoms with Gasteiger partial charge in [-0.15, -0.1) is 6.42 Å². The maximum absolute atomic E-state index is 11.3. The lowest BCUT2D eigenvalue weighted by molar-refractivity contribution is -0.104. The van der Waals surface area contributed by atoms with Crippen molar-refractivity contribution in [3.05, 3.63) is 12.2 Å². The van der Waals surface area contributed by atoms with Gasteiger partial charge in [-0.25, -0.2) is 0 Å². The van der Waals surface area contributed by atoms with Crippen molar-refractivity contribution >= 4 is 63.1 Å². The largest absolute Gasteiger partial charge is 0.411 e. The molecule has 11 heteroatoms. The Balaban J connectivity index is 3.68. The quantitative estimate of drug-likeness (QED) is 0.0588. The van der Waals surface area contributed by atoms with Crippen molar-refractivity contribution in [2.75, 3.05) is 0 Å². The molecule has 244 valence electrons. The van der Waals surface area contributed by atoms with Crippen LogP contribution in [0.3, 0.4) is 0 Å². The number of carbonyl (C=O) groups excluding carboxylic acids is 1. The SMILES string of the molecule is C#C[C@@H](OC([Si](C)(C)C)([Si](C)(C)C)[Si](C)(C)C)[C@H]1C[C@H](O[Si](C)(C)C(C)(C)C)[C@H]([C@@H](Br)C(/C=C/C=O)O[Si](C)(C)C)O1. The summed E-state index contributed by atoms with van der Waals surface area (Å²) in [5.74, 6) is 3.07. The van der Waals surface area contributed by atoms with Gasteiger partial charge in [0.15, 0.2) is 16.6 Å². The molecular formula is C31H63BrO5Si5. The number of terminal acetylenes is 1. The molecule has 0 aromatic rings. The Morgan fingerprint density at radius 3 is 1.74 bits per heavy atom. The first-order chi connectivity index (χ1) is 18.6. The van der Waals surface area contributed by atoms with Gasteiger partial charge in [-0.1, -0.05) is 108 Å². The number of hydrogen-bond acceptors (Lipinski definition) is 5. The van der Waals surface area contributed by atoms with Crippen molar-refractivity contribution in [3.63, 3.8) is 0 Å². The van der Waals surface area contributed by atoms with Crippen LogP contribution in [0.4, 0.5) is 0 Å². The lowest BCUT2D eigenvalue weighted by Crippen LogP contribution is -2.79. The minimum absolute atomic E-state index is 0.0355. The summed E-state index contributed by atoms with van der Waals surface area (Å²) in [6.07, 6.45) is 9.53. The molecule has 0 radical (unpaired) electrons. The van der Waals surface area contributed by atoms with E-state index in [-0.39, 0.29) is 38.8 Å². The van der Waals surface area contributed by atoms with Crippen LogP contribution in [0, 0.1) is 12.3 Å². The van der Waals surface area contributed by atoms with Gasteiger partial charge in [0.25, 0.3) is 0 Å². The molecule has 1 aliphatic rings. The number of halogens is 1. The van der Waals surface area contributed by atoms with Crippen molar-refractivity contribution in [1.82, 2.24) is 0 Å². The highest BCUT2D eigenvalue weighted by Gasteiger charge is 2.63. The molecule has 1 fully saturated rings. The van der Waals surface area contributed by atoms with E-state index in [9.17, 15) is 4.79 Å². The Bertz CT molecular complexity index is 941. The van der Waals surface area contributed by atoms with E-state index in [4.69, 9.17) is 24.7 Å². The highest BCUT2D eigenvalue weighted by atomic mass is 79.9. The molecule has 0 saturated carbocycles. The zero-order valence-electron chi connectivity index (χ0n) is 29.9. The standard InChI is InChI=1S/C31H63BrO5Si5/c1-19-24(35-31(38(5,6)7,39(8,9)10)40(11,12)13)26-23-27(37-42(17,18)30(2,3)4)29(34-26)28(32)25(21-20-22-33)36-41(14,15)16/h1,20-22,24-29H,23H2,2-18H3/b21-20+/t24-,25?,26-,27+,28+,29-/m1/s1. The first-order valence-corrected chi connectivity index (χ1v) is 33.2. The zero-order valence-corrected chi connectivity index (χ0v) is 36.5. The van der Waals surface area contributed by atoms with E-state index < -0.39 is 47.0 Å². The van der Waals surface area contributed by atoms with Crippen LogP contribution in [0.2, 0.25) is 96.7 Å². The fourth-order valence-electron chi connectivity index (χ4n) is 7.13. The Morgan fingerprint density at radius 2 is 1.38 bits per heavy atom. The summed E-state index contributed by atoms with van der Waals surface area (Å²) in [5, 5.41) is 0.0355. The second kappa shape index (κ2) is 14.0. The fourth-order valence-corrected chi connectivity index (χ4v) is 38.9. The van der Waals surface area contributed by atoms with Crippen LogP contribution in [0.15, 0.2) is 12.2 Å². The van der Waals surface area contributed by atoms with E-state index in [2.05, 4.69) is 134 Å². The van der Waals surface area contributed by atoms with Gasteiger partial charge in [0, 0.05) is 10.9 Å². The predicted molar refractivity (Wildman–Crippen MR) is 198 cm³/mol. The Morgan fingerprint density at radius 1 is 0.905 bits per heavy atom. The van der Waals surface area contributed by atoms with Gasteiger partial charge in [0.2, 0.25) is 0 Å². The Labute approximate surface area is 273 Å². The topological polar surface area (TPSA) is 54.0 Å². The van der Waals surface area contributed by atoms with Crippen molar-refractivity contribution in [3.8, 4) is 12.3 Å². The summed E-state index contributed by atoms with van der Waals surface area (Å²) in [6, 6.07) is 0. The second-order valence-electron chi connectivity index (χ2n) is 17.6. The third-order valence-electron chi connectivity index (χ3n) is 8.89. The first kappa shape index (κ1) is 40.4. The highest BCUT2D eigenvalue weighted by molar-refractivity contribution is 9.09. The zero-order chi connectivity index (χ0) is 33.3. The summed E-state index contributed by atoms with van der Waals surface area (Å²) in [4.78, 5) is 11.1. The van der Waals surface area contributed by atoms with Crippen LogP contribution >= 0.6 is 15.9 Å². The van der Waals surface area contributed by atoms with E-state index in [0.717, 1.165) is 6.29 Å². The molecule has 0 aliphatic carbocycles. The molecule has 1 rings (SSSR count). The molecule has 1 aliphatic heterocycles. The van der Waals surface area contributed by atoms with Gasteiger partial charge in [0.05, 0.1) is 53.5 Å². The molecule has 1 unspecified atom stereocenters. The Hall–Kier alpha value is 0.374. The number of hydrogen-bond donors (Lipinski definition) is 0. The molecule has 0 bridgehead atoms. The van der Waals surface area contributed by atoms with Crippen molar-refractivity contribution < 1.29 is 23.1 Å². The van der Waals surface area contributed by atoms with Gasteiger partial charge in [0.1, 0.15) is 12.4 Å². The molecule has 0 spiro atoms. The summed E-state index contributed by atoms with van der Waals surface area (Å²) < 4.78 is 27.9. The van der Waals surface area contributed by atoms with Crippen LogP contribution in [0.25, 0.3) is 0 Å². The van der Waals surface area contributed by atoms with E-state index in [1.165, 1.54) is 6.08 Å². The molecule has 5 nitrogen and oxygen atoms in total. The number of alkyl halides is 1. The summed E-state index contributed by atoms with van der Waals surface area (Å²) in [7, 11) is -9.68. The summed E-state index contributed by atoms with van der Waals surface area (Å²) >= 11 is 3.98. The van der Waals surface area contributed by atoms with E-state index in [1.807, 2.05) is 6.08 Å². The molecule has 1 heterocycles. The maximum atomic E-state index is 11.3. The predicted octanol–water partition coefficient (Wildman–Crippen LogP) is 8.66. The van der Waals surface area contributed by atoms with Crippen molar-refractivity contribution in [1.29, 1.82) is 0 Å². The summed E-state index contributed by atoms with van der Waals surface area (Å²) in [6.45, 7) is 39.8.